The molecule has 0 saturated carbocycles. The molecule has 0 heterocycles. The summed E-state index contributed by atoms with van der Waals surface area (Å²) in [5, 5.41) is 10.6. The van der Waals surface area contributed by atoms with E-state index in [1.165, 1.54) is 19.1 Å². The number of halogens is 1. The maximum Gasteiger partial charge on any atom is 0.318 e. The molecule has 18 heavy (non-hydrogen) atoms. The number of aliphatic hydroxyl groups excluding tert-OH is 1. The molecule has 98 valence electrons. The van der Waals surface area contributed by atoms with E-state index in [-0.39, 0.29) is 12.4 Å². The van der Waals surface area contributed by atoms with Crippen molar-refractivity contribution in [2.45, 2.75) is 19.6 Å². The first-order chi connectivity index (χ1) is 8.43. The molecule has 6 nitrogen and oxygen atoms in total. The molecule has 1 aromatic rings. The van der Waals surface area contributed by atoms with Crippen LogP contribution in [0, 0.1) is 5.82 Å². The largest absolute Gasteiger partial charge is 0.478 e. The molecule has 4 N–H and O–H groups in total. The van der Waals surface area contributed by atoms with E-state index in [0.717, 1.165) is 6.07 Å². The first-order valence-electron chi connectivity index (χ1n) is 5.10. The Labute approximate surface area is 103 Å². The summed E-state index contributed by atoms with van der Waals surface area (Å²) in [7, 11) is 0. The molecule has 0 radical (unpaired) electrons. The van der Waals surface area contributed by atoms with Crippen LogP contribution in [0.1, 0.15) is 12.5 Å². The number of urea groups is 1. The number of imide groups is 1. The second-order valence-electron chi connectivity index (χ2n) is 3.54. The highest BCUT2D eigenvalue weighted by Crippen LogP contribution is 2.19. The smallest absolute Gasteiger partial charge is 0.318 e. The van der Waals surface area contributed by atoms with Crippen LogP contribution in [0.4, 0.5) is 9.18 Å². The monoisotopic (exact) mass is 256 g/mol. The van der Waals surface area contributed by atoms with E-state index in [0.29, 0.717) is 5.56 Å². The zero-order valence-electron chi connectivity index (χ0n) is 9.64. The molecule has 0 aliphatic rings. The number of amides is 3. The van der Waals surface area contributed by atoms with Gasteiger partial charge in [0, 0.05) is 0 Å². The lowest BCUT2D eigenvalue weighted by atomic mass is 10.2. The van der Waals surface area contributed by atoms with Crippen molar-refractivity contribution in [1.29, 1.82) is 0 Å². The van der Waals surface area contributed by atoms with Crippen LogP contribution in [0.5, 0.6) is 5.75 Å². The zero-order valence-corrected chi connectivity index (χ0v) is 9.64. The lowest BCUT2D eigenvalue weighted by molar-refractivity contribution is -0.126. The average molecular weight is 256 g/mol. The third-order valence-corrected chi connectivity index (χ3v) is 2.10. The molecule has 0 aliphatic heterocycles. The molecule has 0 spiro atoms. The molecule has 0 bridgehead atoms. The molecule has 1 atom stereocenters. The van der Waals surface area contributed by atoms with Gasteiger partial charge in [-0.15, -0.1) is 0 Å². The van der Waals surface area contributed by atoms with Crippen molar-refractivity contribution in [3.8, 4) is 5.75 Å². The van der Waals surface area contributed by atoms with Crippen LogP contribution in [0.25, 0.3) is 0 Å². The third-order valence-electron chi connectivity index (χ3n) is 2.10. The number of hydrogen-bond donors (Lipinski definition) is 3. The fraction of sp³-hybridized carbons (Fsp3) is 0.273. The Morgan fingerprint density at radius 3 is 2.72 bits per heavy atom. The van der Waals surface area contributed by atoms with Crippen molar-refractivity contribution in [1.82, 2.24) is 5.32 Å². The molecule has 1 aromatic carbocycles. The number of carbonyl (C=O) groups is 2. The van der Waals surface area contributed by atoms with Crippen molar-refractivity contribution in [2.75, 3.05) is 0 Å². The molecule has 1 rings (SSSR count). The molecule has 0 fully saturated rings. The van der Waals surface area contributed by atoms with Crippen LogP contribution in [0.2, 0.25) is 0 Å². The Kier molecular flexibility index (Phi) is 4.61. The van der Waals surface area contributed by atoms with E-state index in [2.05, 4.69) is 0 Å². The summed E-state index contributed by atoms with van der Waals surface area (Å²) in [6.45, 7) is 1.05. The Bertz CT molecular complexity index is 464. The minimum absolute atomic E-state index is 0.153. The zero-order chi connectivity index (χ0) is 13.7. The van der Waals surface area contributed by atoms with Gasteiger partial charge >= 0.3 is 6.03 Å². The van der Waals surface area contributed by atoms with E-state index < -0.39 is 23.9 Å². The average Bonchev–Trinajstić information content (AvgIpc) is 2.30. The number of nitrogens with two attached hydrogens (primary N) is 1. The highest BCUT2D eigenvalue weighted by atomic mass is 19.1. The maximum atomic E-state index is 13.5. The van der Waals surface area contributed by atoms with Gasteiger partial charge in [-0.1, -0.05) is 6.07 Å². The number of ether oxygens (including phenoxy) is 1. The minimum Gasteiger partial charge on any atom is -0.478 e. The number of benzene rings is 1. The van der Waals surface area contributed by atoms with Gasteiger partial charge in [-0.3, -0.25) is 10.1 Å². The van der Waals surface area contributed by atoms with Gasteiger partial charge in [-0.25, -0.2) is 9.18 Å². The van der Waals surface area contributed by atoms with Crippen molar-refractivity contribution in [3.63, 3.8) is 0 Å². The van der Waals surface area contributed by atoms with E-state index in [1.807, 2.05) is 5.32 Å². The number of nitrogens with one attached hydrogen (secondary N) is 1. The van der Waals surface area contributed by atoms with Gasteiger partial charge < -0.3 is 15.6 Å². The van der Waals surface area contributed by atoms with Crippen molar-refractivity contribution in [2.24, 2.45) is 5.73 Å². The Hall–Kier alpha value is -2.15. The second kappa shape index (κ2) is 5.97. The first kappa shape index (κ1) is 13.9. The van der Waals surface area contributed by atoms with Crippen LogP contribution in [0.15, 0.2) is 18.2 Å². The summed E-state index contributed by atoms with van der Waals surface area (Å²) >= 11 is 0. The molecule has 0 saturated heterocycles. The van der Waals surface area contributed by atoms with Crippen LogP contribution in [0.3, 0.4) is 0 Å². The molecular weight excluding hydrogens is 243 g/mol. The quantitative estimate of drug-likeness (QED) is 0.720. The molecule has 7 heteroatoms. The fourth-order valence-corrected chi connectivity index (χ4v) is 1.21. The Morgan fingerprint density at radius 1 is 1.56 bits per heavy atom. The van der Waals surface area contributed by atoms with Crippen molar-refractivity contribution >= 4 is 11.9 Å². The molecule has 3 amide bonds. The summed E-state index contributed by atoms with van der Waals surface area (Å²) < 4.78 is 18.5. The van der Waals surface area contributed by atoms with Gasteiger partial charge in [0.05, 0.1) is 6.61 Å². The summed E-state index contributed by atoms with van der Waals surface area (Å²) in [4.78, 5) is 21.7. The van der Waals surface area contributed by atoms with E-state index in [4.69, 9.17) is 15.6 Å². The standard InChI is InChI=1S/C11H13FN2O4/c1-6(10(16)14-11(13)17)18-9-3-2-7(5-15)4-8(9)12/h2-4,6,15H,5H2,1H3,(H3,13,14,16,17). The number of carbonyl (C=O) groups excluding carboxylic acids is 2. The predicted molar refractivity (Wildman–Crippen MR) is 60.1 cm³/mol. The molecule has 1 unspecified atom stereocenters. The van der Waals surface area contributed by atoms with Crippen molar-refractivity contribution in [3.05, 3.63) is 29.6 Å². The van der Waals surface area contributed by atoms with Crippen LogP contribution in [-0.2, 0) is 11.4 Å². The third kappa shape index (κ3) is 3.70. The number of primary amides is 1. The topological polar surface area (TPSA) is 102 Å². The number of hydrogen-bond acceptors (Lipinski definition) is 4. The van der Waals surface area contributed by atoms with E-state index in [1.54, 1.807) is 0 Å². The Balaban J connectivity index is 2.72. The maximum absolute atomic E-state index is 13.5. The molecular formula is C11H13FN2O4. The lowest BCUT2D eigenvalue weighted by Crippen LogP contribution is -2.42. The van der Waals surface area contributed by atoms with Gasteiger partial charge in [-0.05, 0) is 24.6 Å². The first-order valence-corrected chi connectivity index (χ1v) is 5.10. The van der Waals surface area contributed by atoms with Gasteiger partial charge in [0.25, 0.3) is 5.91 Å². The predicted octanol–water partition coefficient (Wildman–Crippen LogP) is 0.280. The molecule has 0 aromatic heterocycles. The highest BCUT2D eigenvalue weighted by Gasteiger charge is 2.17. The van der Waals surface area contributed by atoms with Gasteiger partial charge in [0.15, 0.2) is 17.7 Å². The minimum atomic E-state index is -1.08. The normalized spacial score (nSPS) is 11.7. The second-order valence-corrected chi connectivity index (χ2v) is 3.54. The van der Waals surface area contributed by atoms with Crippen molar-refractivity contribution < 1.29 is 23.8 Å². The Morgan fingerprint density at radius 2 is 2.22 bits per heavy atom. The number of aliphatic hydroxyl groups is 1. The molecule has 0 aliphatic carbocycles. The SMILES string of the molecule is CC(Oc1ccc(CO)cc1F)C(=O)NC(N)=O. The number of rotatable bonds is 4. The van der Waals surface area contributed by atoms with Gasteiger partial charge in [-0.2, -0.15) is 0 Å². The fourth-order valence-electron chi connectivity index (χ4n) is 1.21. The summed E-state index contributed by atoms with van der Waals surface area (Å²) in [6, 6.07) is 2.83. The van der Waals surface area contributed by atoms with Gasteiger partial charge in [0.1, 0.15) is 0 Å². The highest BCUT2D eigenvalue weighted by molar-refractivity contribution is 5.95. The van der Waals surface area contributed by atoms with Gasteiger partial charge in [0.2, 0.25) is 0 Å². The van der Waals surface area contributed by atoms with Crippen LogP contribution >= 0.6 is 0 Å². The van der Waals surface area contributed by atoms with E-state index >= 15 is 0 Å². The summed E-state index contributed by atoms with van der Waals surface area (Å²) in [6.07, 6.45) is -1.08. The lowest BCUT2D eigenvalue weighted by Gasteiger charge is -2.14. The van der Waals surface area contributed by atoms with Crippen LogP contribution < -0.4 is 15.8 Å². The van der Waals surface area contributed by atoms with E-state index in [9.17, 15) is 14.0 Å². The summed E-state index contributed by atoms with van der Waals surface area (Å²) in [5.74, 6) is -1.63. The van der Waals surface area contributed by atoms with Crippen LogP contribution in [-0.4, -0.2) is 23.1 Å². The summed E-state index contributed by atoms with van der Waals surface area (Å²) in [5.41, 5.74) is 5.15.